The van der Waals surface area contributed by atoms with Crippen molar-refractivity contribution in [3.63, 3.8) is 0 Å². The molecule has 0 aliphatic heterocycles. The lowest BCUT2D eigenvalue weighted by molar-refractivity contribution is 0.242. The third-order valence-electron chi connectivity index (χ3n) is 3.40. The molecule has 0 aliphatic rings. The van der Waals surface area contributed by atoms with Crippen LogP contribution in [-0.2, 0) is 13.0 Å². The molecule has 3 nitrogen and oxygen atoms in total. The minimum absolute atomic E-state index is 0.207. The summed E-state index contributed by atoms with van der Waals surface area (Å²) in [5, 5.41) is 3.48. The van der Waals surface area contributed by atoms with E-state index in [1.165, 1.54) is 5.56 Å². The fraction of sp³-hybridized carbons (Fsp3) is 0.444. The molecule has 0 fully saturated rings. The third kappa shape index (κ3) is 4.64. The van der Waals surface area contributed by atoms with Crippen LogP contribution >= 0.6 is 0 Å². The zero-order valence-electron chi connectivity index (χ0n) is 13.3. The van der Waals surface area contributed by atoms with Crippen molar-refractivity contribution in [1.82, 2.24) is 5.32 Å². The summed E-state index contributed by atoms with van der Waals surface area (Å²) < 4.78 is 11.4. The highest BCUT2D eigenvalue weighted by Gasteiger charge is 2.07. The standard InChI is InChI=1S/C18H25NO2/c1-5-16-10-11-18(21-16)12-19-14(4)15-6-8-17(9-7-15)20-13(2)3/h6-11,13-14,19H,5,12H2,1-4H3. The summed E-state index contributed by atoms with van der Waals surface area (Å²) in [7, 11) is 0. The van der Waals surface area contributed by atoms with E-state index in [-0.39, 0.29) is 12.1 Å². The van der Waals surface area contributed by atoms with E-state index < -0.39 is 0 Å². The molecule has 1 N–H and O–H groups in total. The largest absolute Gasteiger partial charge is 0.491 e. The molecule has 114 valence electrons. The average molecular weight is 287 g/mol. The predicted octanol–water partition coefficient (Wildman–Crippen LogP) is 4.48. The molecule has 1 aromatic carbocycles. The van der Waals surface area contributed by atoms with Gasteiger partial charge in [-0.2, -0.15) is 0 Å². The molecule has 3 heteroatoms. The van der Waals surface area contributed by atoms with E-state index in [9.17, 15) is 0 Å². The van der Waals surface area contributed by atoms with Crippen LogP contribution in [-0.4, -0.2) is 6.10 Å². The van der Waals surface area contributed by atoms with Crippen LogP contribution in [0.25, 0.3) is 0 Å². The van der Waals surface area contributed by atoms with Crippen LogP contribution in [0.15, 0.2) is 40.8 Å². The summed E-state index contributed by atoms with van der Waals surface area (Å²) >= 11 is 0. The van der Waals surface area contributed by atoms with Gasteiger partial charge in [0.25, 0.3) is 0 Å². The van der Waals surface area contributed by atoms with Crippen LogP contribution in [0.1, 0.15) is 50.8 Å². The van der Waals surface area contributed by atoms with Crippen molar-refractivity contribution < 1.29 is 9.15 Å². The normalized spacial score (nSPS) is 12.6. The van der Waals surface area contributed by atoms with Crippen LogP contribution in [0.2, 0.25) is 0 Å². The van der Waals surface area contributed by atoms with E-state index in [2.05, 4.69) is 31.3 Å². The highest BCUT2D eigenvalue weighted by molar-refractivity contribution is 5.29. The van der Waals surface area contributed by atoms with Crippen LogP contribution in [0.3, 0.4) is 0 Å². The Labute approximate surface area is 127 Å². The summed E-state index contributed by atoms with van der Waals surface area (Å²) in [6.45, 7) is 9.06. The average Bonchev–Trinajstić information content (AvgIpc) is 2.93. The van der Waals surface area contributed by atoms with Crippen molar-refractivity contribution in [3.8, 4) is 5.75 Å². The molecule has 0 saturated heterocycles. The van der Waals surface area contributed by atoms with Crippen LogP contribution in [0, 0.1) is 0 Å². The van der Waals surface area contributed by atoms with E-state index >= 15 is 0 Å². The van der Waals surface area contributed by atoms with Crippen molar-refractivity contribution in [3.05, 3.63) is 53.5 Å². The minimum Gasteiger partial charge on any atom is -0.491 e. The highest BCUT2D eigenvalue weighted by atomic mass is 16.5. The molecule has 1 atom stereocenters. The Morgan fingerprint density at radius 3 is 2.24 bits per heavy atom. The second-order valence-corrected chi connectivity index (χ2v) is 5.56. The molecule has 2 rings (SSSR count). The Kier molecular flexibility index (Phi) is 5.45. The molecule has 0 bridgehead atoms. The molecule has 21 heavy (non-hydrogen) atoms. The van der Waals surface area contributed by atoms with E-state index in [4.69, 9.17) is 9.15 Å². The van der Waals surface area contributed by atoms with Crippen molar-refractivity contribution in [2.24, 2.45) is 0 Å². The predicted molar refractivity (Wildman–Crippen MR) is 85.5 cm³/mol. The lowest BCUT2D eigenvalue weighted by Gasteiger charge is -2.15. The second kappa shape index (κ2) is 7.32. The number of hydrogen-bond donors (Lipinski definition) is 1. The van der Waals surface area contributed by atoms with Gasteiger partial charge in [0.15, 0.2) is 0 Å². The first-order valence-corrected chi connectivity index (χ1v) is 7.66. The molecule has 2 aromatic rings. The number of ether oxygens (including phenoxy) is 1. The maximum absolute atomic E-state index is 5.70. The van der Waals surface area contributed by atoms with Gasteiger partial charge < -0.3 is 14.5 Å². The van der Waals surface area contributed by atoms with Crippen molar-refractivity contribution in [2.75, 3.05) is 0 Å². The summed E-state index contributed by atoms with van der Waals surface area (Å²) in [4.78, 5) is 0. The number of aryl methyl sites for hydroxylation is 1. The molecule has 1 unspecified atom stereocenters. The Morgan fingerprint density at radius 1 is 1.00 bits per heavy atom. The summed E-state index contributed by atoms with van der Waals surface area (Å²) in [5.41, 5.74) is 1.24. The van der Waals surface area contributed by atoms with Crippen LogP contribution < -0.4 is 10.1 Å². The zero-order chi connectivity index (χ0) is 15.2. The molecule has 1 heterocycles. The Hall–Kier alpha value is -1.74. The first kappa shape index (κ1) is 15.6. The maximum Gasteiger partial charge on any atom is 0.119 e. The van der Waals surface area contributed by atoms with Gasteiger partial charge >= 0.3 is 0 Å². The zero-order valence-corrected chi connectivity index (χ0v) is 13.3. The first-order valence-electron chi connectivity index (χ1n) is 7.66. The molecule has 0 spiro atoms. The number of rotatable bonds is 7. The van der Waals surface area contributed by atoms with Gasteiger partial charge in [0.05, 0.1) is 12.6 Å². The van der Waals surface area contributed by atoms with E-state index in [0.717, 1.165) is 30.2 Å². The number of benzene rings is 1. The lowest BCUT2D eigenvalue weighted by atomic mass is 10.1. The van der Waals surface area contributed by atoms with Gasteiger partial charge in [0.1, 0.15) is 17.3 Å². The number of furan rings is 1. The van der Waals surface area contributed by atoms with Gasteiger partial charge in [-0.25, -0.2) is 0 Å². The fourth-order valence-corrected chi connectivity index (χ4v) is 2.19. The van der Waals surface area contributed by atoms with Crippen LogP contribution in [0.4, 0.5) is 0 Å². The molecule has 1 aromatic heterocycles. The topological polar surface area (TPSA) is 34.4 Å². The van der Waals surface area contributed by atoms with E-state index in [1.807, 2.05) is 38.1 Å². The Bertz CT molecular complexity index is 543. The number of hydrogen-bond acceptors (Lipinski definition) is 3. The molecule has 0 amide bonds. The van der Waals surface area contributed by atoms with Crippen LogP contribution in [0.5, 0.6) is 5.75 Å². The van der Waals surface area contributed by atoms with Gasteiger partial charge in [-0.15, -0.1) is 0 Å². The second-order valence-electron chi connectivity index (χ2n) is 5.56. The van der Waals surface area contributed by atoms with E-state index in [1.54, 1.807) is 0 Å². The molecular formula is C18H25NO2. The Morgan fingerprint density at radius 2 is 1.67 bits per heavy atom. The molecule has 0 saturated carbocycles. The first-order chi connectivity index (χ1) is 10.1. The lowest BCUT2D eigenvalue weighted by Crippen LogP contribution is -2.17. The van der Waals surface area contributed by atoms with Gasteiger partial charge in [0, 0.05) is 12.5 Å². The monoisotopic (exact) mass is 287 g/mol. The highest BCUT2D eigenvalue weighted by Crippen LogP contribution is 2.19. The summed E-state index contributed by atoms with van der Waals surface area (Å²) in [6, 6.07) is 12.6. The van der Waals surface area contributed by atoms with Crippen molar-refractivity contribution in [1.29, 1.82) is 0 Å². The summed E-state index contributed by atoms with van der Waals surface area (Å²) in [6.07, 6.45) is 1.14. The third-order valence-corrected chi connectivity index (χ3v) is 3.40. The smallest absolute Gasteiger partial charge is 0.119 e. The minimum atomic E-state index is 0.207. The fourth-order valence-electron chi connectivity index (χ4n) is 2.19. The maximum atomic E-state index is 5.70. The van der Waals surface area contributed by atoms with Gasteiger partial charge in [-0.3, -0.25) is 0 Å². The molecule has 0 aliphatic carbocycles. The van der Waals surface area contributed by atoms with Gasteiger partial charge in [-0.05, 0) is 50.6 Å². The van der Waals surface area contributed by atoms with Gasteiger partial charge in [-0.1, -0.05) is 19.1 Å². The quantitative estimate of drug-likeness (QED) is 0.815. The SMILES string of the molecule is CCc1ccc(CNC(C)c2ccc(OC(C)C)cc2)o1. The van der Waals surface area contributed by atoms with Crippen molar-refractivity contribution >= 4 is 0 Å². The molecular weight excluding hydrogens is 262 g/mol. The van der Waals surface area contributed by atoms with Gasteiger partial charge in [0.2, 0.25) is 0 Å². The summed E-state index contributed by atoms with van der Waals surface area (Å²) in [5.74, 6) is 2.94. The Balaban J connectivity index is 1.89. The molecule has 0 radical (unpaired) electrons. The van der Waals surface area contributed by atoms with E-state index in [0.29, 0.717) is 0 Å². The van der Waals surface area contributed by atoms with Crippen molar-refractivity contribution in [2.45, 2.75) is 52.8 Å². The number of nitrogens with one attached hydrogen (secondary N) is 1.